The summed E-state index contributed by atoms with van der Waals surface area (Å²) in [6, 6.07) is 0.359. The number of carbonyl (C=O) groups is 2. The van der Waals surface area contributed by atoms with Gasteiger partial charge in [-0.25, -0.2) is 13.6 Å². The lowest BCUT2D eigenvalue weighted by Gasteiger charge is -2.42. The number of alkyl halides is 3. The van der Waals surface area contributed by atoms with Crippen molar-refractivity contribution < 1.29 is 36.6 Å². The number of carbonyl (C=O) groups excluding carboxylic acids is 1. The molecule has 1 saturated heterocycles. The summed E-state index contributed by atoms with van der Waals surface area (Å²) in [6.07, 6.45) is -6.76. The molecule has 1 aliphatic rings. The third kappa shape index (κ3) is 4.05. The number of carboxylic acid groups (broad SMARTS) is 1. The molecule has 1 aromatic rings. The van der Waals surface area contributed by atoms with Crippen LogP contribution in [0.5, 0.6) is 0 Å². The summed E-state index contributed by atoms with van der Waals surface area (Å²) in [5.41, 5.74) is -0.271. The van der Waals surface area contributed by atoms with Gasteiger partial charge in [-0.15, -0.1) is 0 Å². The van der Waals surface area contributed by atoms with Crippen molar-refractivity contribution in [2.75, 3.05) is 13.1 Å². The molecule has 2 atom stereocenters. The van der Waals surface area contributed by atoms with E-state index >= 15 is 0 Å². The quantitative estimate of drug-likeness (QED) is 0.816. The van der Waals surface area contributed by atoms with Crippen LogP contribution >= 0.6 is 0 Å². The Morgan fingerprint density at radius 3 is 2.50 bits per heavy atom. The number of likely N-dealkylation sites (tertiary alicyclic amines) is 1. The maximum absolute atomic E-state index is 14.1. The van der Waals surface area contributed by atoms with Crippen LogP contribution in [0.4, 0.5) is 26.7 Å². The van der Waals surface area contributed by atoms with E-state index in [1.165, 1.54) is 6.92 Å². The summed E-state index contributed by atoms with van der Waals surface area (Å²) in [4.78, 5) is 24.5. The minimum absolute atomic E-state index is 0.0323. The van der Waals surface area contributed by atoms with Crippen LogP contribution in [0, 0.1) is 11.6 Å². The van der Waals surface area contributed by atoms with Gasteiger partial charge in [0.25, 0.3) is 0 Å². The fourth-order valence-electron chi connectivity index (χ4n) is 3.25. The normalized spacial score (nSPS) is 20.8. The van der Waals surface area contributed by atoms with Crippen LogP contribution in [0.3, 0.4) is 0 Å². The van der Waals surface area contributed by atoms with Crippen LogP contribution < -0.4 is 0 Å². The number of hydrogen-bond donors (Lipinski definition) is 1. The fraction of sp³-hybridized carbons (Fsp3) is 0.500. The van der Waals surface area contributed by atoms with Gasteiger partial charge >= 0.3 is 18.2 Å². The monoisotopic (exact) mass is 380 g/mol. The second-order valence-electron chi connectivity index (χ2n) is 5.92. The van der Waals surface area contributed by atoms with Gasteiger partial charge in [0.05, 0.1) is 6.04 Å². The Bertz CT molecular complexity index is 695. The molecule has 5 nitrogen and oxygen atoms in total. The molecule has 10 heteroatoms. The summed E-state index contributed by atoms with van der Waals surface area (Å²) in [5, 5.41) is 9.30. The predicted molar refractivity (Wildman–Crippen MR) is 80.3 cm³/mol. The van der Waals surface area contributed by atoms with Gasteiger partial charge in [0.2, 0.25) is 0 Å². The van der Waals surface area contributed by atoms with Crippen molar-refractivity contribution in [3.63, 3.8) is 0 Å². The summed E-state index contributed by atoms with van der Waals surface area (Å²) >= 11 is 0. The highest BCUT2D eigenvalue weighted by Gasteiger charge is 2.46. The number of piperidine rings is 1. The Morgan fingerprint density at radius 2 is 1.96 bits per heavy atom. The first-order valence-electron chi connectivity index (χ1n) is 7.88. The summed E-state index contributed by atoms with van der Waals surface area (Å²) in [6.45, 7) is 0.918. The Kier molecular flexibility index (Phi) is 5.72. The highest BCUT2D eigenvalue weighted by atomic mass is 19.4. The number of nitrogens with zero attached hydrogens (tertiary/aromatic N) is 2. The van der Waals surface area contributed by atoms with E-state index in [4.69, 9.17) is 0 Å². The van der Waals surface area contributed by atoms with Crippen molar-refractivity contribution >= 4 is 12.0 Å². The molecular weight excluding hydrogens is 363 g/mol. The van der Waals surface area contributed by atoms with E-state index in [-0.39, 0.29) is 31.5 Å². The van der Waals surface area contributed by atoms with Crippen LogP contribution in [0.15, 0.2) is 18.2 Å². The molecule has 1 fully saturated rings. The number of hydrogen-bond acceptors (Lipinski definition) is 2. The van der Waals surface area contributed by atoms with E-state index in [1.807, 2.05) is 0 Å². The van der Waals surface area contributed by atoms with E-state index in [0.717, 1.165) is 23.1 Å². The number of rotatable bonds is 3. The minimum atomic E-state index is -5.07. The minimum Gasteiger partial charge on any atom is -0.465 e. The Labute approximate surface area is 146 Å². The van der Waals surface area contributed by atoms with Gasteiger partial charge in [0.1, 0.15) is 11.6 Å². The van der Waals surface area contributed by atoms with E-state index in [0.29, 0.717) is 4.90 Å². The smallest absolute Gasteiger partial charge is 0.465 e. The first kappa shape index (κ1) is 19.9. The molecule has 0 radical (unpaired) electrons. The van der Waals surface area contributed by atoms with Gasteiger partial charge in [0, 0.05) is 24.7 Å². The van der Waals surface area contributed by atoms with E-state index in [9.17, 15) is 36.6 Å². The molecule has 1 aliphatic heterocycles. The molecule has 2 rings (SSSR count). The first-order chi connectivity index (χ1) is 12.1. The lowest BCUT2D eigenvalue weighted by atomic mass is 9.90. The standard InChI is InChI=1S/C16H17F5N2O3/c1-2-22(14(24)16(19,20)21)10-5-6-23(15(25)26)13(8-10)11-7-9(17)3-4-12(11)18/h3-4,7,10,13H,2,5-6,8H2,1H3,(H,25,26)/t10-,13+/m1/s1. The van der Waals surface area contributed by atoms with Gasteiger partial charge in [0.15, 0.2) is 0 Å². The number of amides is 2. The highest BCUT2D eigenvalue weighted by molar-refractivity contribution is 5.82. The molecule has 2 amide bonds. The average molecular weight is 380 g/mol. The molecule has 1 N–H and O–H groups in total. The maximum atomic E-state index is 14.1. The molecule has 1 aromatic carbocycles. The Balaban J connectivity index is 2.36. The summed E-state index contributed by atoms with van der Waals surface area (Å²) < 4.78 is 65.9. The third-order valence-corrected chi connectivity index (χ3v) is 4.42. The molecule has 144 valence electrons. The van der Waals surface area contributed by atoms with Crippen molar-refractivity contribution in [2.24, 2.45) is 0 Å². The van der Waals surface area contributed by atoms with Crippen molar-refractivity contribution in [1.82, 2.24) is 9.80 Å². The van der Waals surface area contributed by atoms with Crippen LogP contribution in [0.1, 0.15) is 31.4 Å². The van der Waals surface area contributed by atoms with Crippen molar-refractivity contribution in [2.45, 2.75) is 38.0 Å². The third-order valence-electron chi connectivity index (χ3n) is 4.42. The molecular formula is C16H17F5N2O3. The van der Waals surface area contributed by atoms with Gasteiger partial charge in [-0.1, -0.05) is 0 Å². The molecule has 0 aliphatic carbocycles. The van der Waals surface area contributed by atoms with E-state index in [2.05, 4.69) is 0 Å². The number of benzene rings is 1. The topological polar surface area (TPSA) is 60.9 Å². The number of halogens is 5. The van der Waals surface area contributed by atoms with Crippen molar-refractivity contribution in [3.05, 3.63) is 35.4 Å². The predicted octanol–water partition coefficient (Wildman–Crippen LogP) is 3.56. The zero-order valence-corrected chi connectivity index (χ0v) is 13.8. The molecule has 1 heterocycles. The fourth-order valence-corrected chi connectivity index (χ4v) is 3.25. The molecule has 26 heavy (non-hydrogen) atoms. The molecule has 0 bridgehead atoms. The average Bonchev–Trinajstić information content (AvgIpc) is 2.56. The lowest BCUT2D eigenvalue weighted by molar-refractivity contribution is -0.188. The lowest BCUT2D eigenvalue weighted by Crippen LogP contribution is -2.52. The van der Waals surface area contributed by atoms with Gasteiger partial charge in [-0.2, -0.15) is 13.2 Å². The molecule has 0 unspecified atom stereocenters. The van der Waals surface area contributed by atoms with Gasteiger partial charge in [-0.3, -0.25) is 4.79 Å². The molecule has 0 spiro atoms. The van der Waals surface area contributed by atoms with Gasteiger partial charge in [-0.05, 0) is 38.0 Å². The van der Waals surface area contributed by atoms with E-state index in [1.54, 1.807) is 0 Å². The second kappa shape index (κ2) is 7.46. The van der Waals surface area contributed by atoms with Crippen LogP contribution in [0.2, 0.25) is 0 Å². The maximum Gasteiger partial charge on any atom is 0.471 e. The Hall–Kier alpha value is -2.39. The van der Waals surface area contributed by atoms with E-state index < -0.39 is 41.9 Å². The molecule has 0 saturated carbocycles. The summed E-state index contributed by atoms with van der Waals surface area (Å²) in [7, 11) is 0. The van der Waals surface area contributed by atoms with Crippen LogP contribution in [-0.4, -0.2) is 52.2 Å². The van der Waals surface area contributed by atoms with Crippen molar-refractivity contribution in [1.29, 1.82) is 0 Å². The summed E-state index contributed by atoms with van der Waals surface area (Å²) in [5.74, 6) is -3.70. The second-order valence-corrected chi connectivity index (χ2v) is 5.92. The van der Waals surface area contributed by atoms with Crippen molar-refractivity contribution in [3.8, 4) is 0 Å². The van der Waals surface area contributed by atoms with Crippen LogP contribution in [-0.2, 0) is 4.79 Å². The Morgan fingerprint density at radius 1 is 1.31 bits per heavy atom. The largest absolute Gasteiger partial charge is 0.471 e. The van der Waals surface area contributed by atoms with Crippen LogP contribution in [0.25, 0.3) is 0 Å². The molecule has 0 aromatic heterocycles. The SMILES string of the molecule is CCN(C(=O)C(F)(F)F)[C@@H]1CCN(C(=O)O)[C@H](c2cc(F)ccc2F)C1. The zero-order valence-electron chi connectivity index (χ0n) is 13.8. The van der Waals surface area contributed by atoms with Gasteiger partial charge < -0.3 is 14.9 Å². The first-order valence-corrected chi connectivity index (χ1v) is 7.88. The highest BCUT2D eigenvalue weighted by Crippen LogP contribution is 2.36. The zero-order chi connectivity index (χ0) is 19.6.